The van der Waals surface area contributed by atoms with Gasteiger partial charge in [0.05, 0.1) is 19.4 Å². The zero-order chi connectivity index (χ0) is 21.5. The molecule has 0 unspecified atom stereocenters. The molecule has 0 saturated heterocycles. The highest BCUT2D eigenvalue weighted by Gasteiger charge is 2.23. The van der Waals surface area contributed by atoms with Gasteiger partial charge in [-0.05, 0) is 36.8 Å². The highest BCUT2D eigenvalue weighted by Crippen LogP contribution is 2.37. The van der Waals surface area contributed by atoms with Crippen molar-refractivity contribution >= 4 is 34.5 Å². The number of thiophene rings is 1. The minimum Gasteiger partial charge on any atom is -0.497 e. The lowest BCUT2D eigenvalue weighted by molar-refractivity contribution is -0.116. The first-order chi connectivity index (χ1) is 14.6. The van der Waals surface area contributed by atoms with Crippen LogP contribution in [0.25, 0.3) is 11.1 Å². The van der Waals surface area contributed by atoms with Crippen LogP contribution in [0.1, 0.15) is 34.2 Å². The Labute approximate surface area is 178 Å². The number of methoxy groups -OCH3 is 1. The van der Waals surface area contributed by atoms with E-state index in [0.29, 0.717) is 34.1 Å². The van der Waals surface area contributed by atoms with Crippen molar-refractivity contribution in [1.29, 1.82) is 0 Å². The molecule has 30 heavy (non-hydrogen) atoms. The molecule has 0 saturated carbocycles. The summed E-state index contributed by atoms with van der Waals surface area (Å²) in [6.45, 7) is 2.32. The molecule has 0 aliphatic carbocycles. The predicted molar refractivity (Wildman–Crippen MR) is 115 cm³/mol. The third-order valence-electron chi connectivity index (χ3n) is 4.49. The lowest BCUT2D eigenvalue weighted by atomic mass is 10.0. The van der Waals surface area contributed by atoms with Gasteiger partial charge >= 0.3 is 5.97 Å². The molecule has 0 fully saturated rings. The van der Waals surface area contributed by atoms with Gasteiger partial charge in [-0.3, -0.25) is 9.59 Å². The van der Waals surface area contributed by atoms with Crippen LogP contribution in [-0.2, 0) is 16.1 Å². The summed E-state index contributed by atoms with van der Waals surface area (Å²) in [6.07, 6.45) is 2.65. The van der Waals surface area contributed by atoms with Crippen molar-refractivity contribution in [2.24, 2.45) is 0 Å². The molecule has 1 N–H and O–H groups in total. The Morgan fingerprint density at radius 3 is 2.63 bits per heavy atom. The summed E-state index contributed by atoms with van der Waals surface area (Å²) in [6, 6.07) is 10.7. The van der Waals surface area contributed by atoms with Gasteiger partial charge in [-0.15, -0.1) is 11.3 Å². The van der Waals surface area contributed by atoms with E-state index in [4.69, 9.17) is 9.47 Å². The van der Waals surface area contributed by atoms with E-state index in [-0.39, 0.29) is 18.9 Å². The summed E-state index contributed by atoms with van der Waals surface area (Å²) >= 11 is 1.27. The Balaban J connectivity index is 1.81. The summed E-state index contributed by atoms with van der Waals surface area (Å²) in [4.78, 5) is 36.1. The van der Waals surface area contributed by atoms with Crippen molar-refractivity contribution in [3.05, 3.63) is 59.2 Å². The molecule has 156 valence electrons. The fourth-order valence-corrected chi connectivity index (χ4v) is 3.96. The van der Waals surface area contributed by atoms with Crippen LogP contribution < -0.4 is 10.1 Å². The van der Waals surface area contributed by atoms with Crippen LogP contribution in [0.15, 0.2) is 48.0 Å². The molecule has 3 aromatic rings. The Morgan fingerprint density at radius 1 is 1.20 bits per heavy atom. The number of aryl methyl sites for hydroxylation is 1. The van der Waals surface area contributed by atoms with Gasteiger partial charge < -0.3 is 19.4 Å². The van der Waals surface area contributed by atoms with Gasteiger partial charge in [-0.2, -0.15) is 0 Å². The number of esters is 1. The smallest absolute Gasteiger partial charge is 0.341 e. The number of anilines is 1. The zero-order valence-corrected chi connectivity index (χ0v) is 17.5. The lowest BCUT2D eigenvalue weighted by Gasteiger charge is -2.10. The van der Waals surface area contributed by atoms with Crippen LogP contribution in [-0.4, -0.2) is 36.4 Å². The van der Waals surface area contributed by atoms with Crippen molar-refractivity contribution in [2.45, 2.75) is 19.9 Å². The average molecular weight is 426 g/mol. The molecular formula is C22H22N2O5S. The van der Waals surface area contributed by atoms with Crippen molar-refractivity contribution in [3.63, 3.8) is 0 Å². The predicted octanol–water partition coefficient (Wildman–Crippen LogP) is 4.24. The second-order valence-electron chi connectivity index (χ2n) is 6.34. The topological polar surface area (TPSA) is 86.6 Å². The highest BCUT2D eigenvalue weighted by atomic mass is 32.1. The molecule has 2 heterocycles. The first-order valence-electron chi connectivity index (χ1n) is 9.40. The van der Waals surface area contributed by atoms with Gasteiger partial charge in [0, 0.05) is 30.1 Å². The fourth-order valence-electron chi connectivity index (χ4n) is 2.99. The third kappa shape index (κ3) is 4.77. The number of hydrogen-bond acceptors (Lipinski definition) is 6. The van der Waals surface area contributed by atoms with Gasteiger partial charge in [0.15, 0.2) is 6.29 Å². The van der Waals surface area contributed by atoms with E-state index in [1.165, 1.54) is 11.3 Å². The Morgan fingerprint density at radius 2 is 1.97 bits per heavy atom. The summed E-state index contributed by atoms with van der Waals surface area (Å²) < 4.78 is 12.1. The van der Waals surface area contributed by atoms with Crippen molar-refractivity contribution in [2.75, 3.05) is 19.0 Å². The number of nitrogens with one attached hydrogen (secondary N) is 1. The molecule has 3 rings (SSSR count). The Hall–Kier alpha value is -3.39. The summed E-state index contributed by atoms with van der Waals surface area (Å²) in [5.41, 5.74) is 2.34. The minimum atomic E-state index is -0.492. The van der Waals surface area contributed by atoms with Gasteiger partial charge in [-0.25, -0.2) is 4.79 Å². The van der Waals surface area contributed by atoms with Gasteiger partial charge in [0.1, 0.15) is 16.3 Å². The van der Waals surface area contributed by atoms with E-state index < -0.39 is 5.97 Å². The van der Waals surface area contributed by atoms with E-state index >= 15 is 0 Å². The lowest BCUT2D eigenvalue weighted by Crippen LogP contribution is -2.16. The Bertz CT molecular complexity index is 1040. The van der Waals surface area contributed by atoms with Crippen LogP contribution in [0.3, 0.4) is 0 Å². The molecule has 8 heteroatoms. The van der Waals surface area contributed by atoms with Crippen LogP contribution in [0.2, 0.25) is 0 Å². The molecule has 0 spiro atoms. The molecule has 0 radical (unpaired) electrons. The quantitative estimate of drug-likeness (QED) is 0.408. The average Bonchev–Trinajstić information content (AvgIpc) is 3.39. The molecule has 1 amide bonds. The number of benzene rings is 1. The number of aldehydes is 1. The third-order valence-corrected chi connectivity index (χ3v) is 5.39. The first-order valence-corrected chi connectivity index (χ1v) is 10.3. The van der Waals surface area contributed by atoms with Crippen molar-refractivity contribution in [3.8, 4) is 16.9 Å². The van der Waals surface area contributed by atoms with Gasteiger partial charge in [0.25, 0.3) is 0 Å². The number of nitrogens with zero attached hydrogens (tertiary/aromatic N) is 1. The van der Waals surface area contributed by atoms with Crippen LogP contribution in [0, 0.1) is 0 Å². The second kappa shape index (κ2) is 9.89. The summed E-state index contributed by atoms with van der Waals surface area (Å²) in [5, 5.41) is 5.07. The molecule has 7 nitrogen and oxygen atoms in total. The molecule has 0 aliphatic heterocycles. The molecule has 1 aromatic carbocycles. The number of amides is 1. The molecular weight excluding hydrogens is 404 g/mol. The van der Waals surface area contributed by atoms with Crippen molar-refractivity contribution < 1.29 is 23.9 Å². The molecule has 0 atom stereocenters. The molecule has 0 bridgehead atoms. The maximum Gasteiger partial charge on any atom is 0.341 e. The van der Waals surface area contributed by atoms with Crippen LogP contribution in [0.5, 0.6) is 5.75 Å². The standard InChI is InChI=1S/C22H22N2O5S/c1-3-29-22(27)20-18(15-6-8-17(28-2)9-7-15)14-30-21(20)23-19(26)10-12-24-11-4-5-16(24)13-25/h4-9,11,13-14H,3,10,12H2,1-2H3,(H,23,26). The minimum absolute atomic E-state index is 0.160. The number of carbonyl (C=O) groups excluding carboxylic acids is 3. The van der Waals surface area contributed by atoms with Gasteiger partial charge in [-0.1, -0.05) is 12.1 Å². The number of aromatic nitrogens is 1. The normalized spacial score (nSPS) is 10.5. The maximum absolute atomic E-state index is 12.6. The number of hydrogen-bond donors (Lipinski definition) is 1. The monoisotopic (exact) mass is 426 g/mol. The first kappa shape index (κ1) is 21.3. The van der Waals surface area contributed by atoms with Gasteiger partial charge in [0.2, 0.25) is 5.91 Å². The largest absolute Gasteiger partial charge is 0.497 e. The van der Waals surface area contributed by atoms with Crippen molar-refractivity contribution in [1.82, 2.24) is 4.57 Å². The fraction of sp³-hybridized carbons (Fsp3) is 0.227. The van der Waals surface area contributed by atoms with E-state index in [2.05, 4.69) is 5.32 Å². The SMILES string of the molecule is CCOC(=O)c1c(-c2ccc(OC)cc2)csc1NC(=O)CCn1cccc1C=O. The zero-order valence-electron chi connectivity index (χ0n) is 16.7. The van der Waals surface area contributed by atoms with Crippen LogP contribution >= 0.6 is 11.3 Å². The van der Waals surface area contributed by atoms with E-state index in [0.717, 1.165) is 11.8 Å². The summed E-state index contributed by atoms with van der Waals surface area (Å²) in [7, 11) is 1.59. The molecule has 2 aromatic heterocycles. The highest BCUT2D eigenvalue weighted by molar-refractivity contribution is 7.15. The van der Waals surface area contributed by atoms with E-state index in [1.54, 1.807) is 36.9 Å². The van der Waals surface area contributed by atoms with E-state index in [9.17, 15) is 14.4 Å². The number of rotatable bonds is 9. The maximum atomic E-state index is 12.6. The number of ether oxygens (including phenoxy) is 2. The Kier molecular flexibility index (Phi) is 7.03. The number of carbonyl (C=O) groups is 3. The summed E-state index contributed by atoms with van der Waals surface area (Å²) in [5.74, 6) is -0.0392. The molecule has 0 aliphatic rings. The van der Waals surface area contributed by atoms with Crippen LogP contribution in [0.4, 0.5) is 5.00 Å². The second-order valence-corrected chi connectivity index (χ2v) is 7.22. The van der Waals surface area contributed by atoms with E-state index in [1.807, 2.05) is 29.6 Å².